The van der Waals surface area contributed by atoms with Crippen molar-refractivity contribution in [1.82, 2.24) is 0 Å². The van der Waals surface area contributed by atoms with E-state index in [2.05, 4.69) is 0 Å². The molecule has 0 aromatic rings. The van der Waals surface area contributed by atoms with Crippen molar-refractivity contribution in [3.8, 4) is 0 Å². The molecule has 0 rings (SSSR count). The van der Waals surface area contributed by atoms with Gasteiger partial charge < -0.3 is 5.11 Å². The number of carbonyl (C=O) groups excluding carboxylic acids is 1. The minimum absolute atomic E-state index is 0. The normalized spacial score (nSPS) is 10.4. The van der Waals surface area contributed by atoms with Crippen LogP contribution in [0.25, 0.3) is 0 Å². The maximum Gasteiger partial charge on any atom is 0.249 e. The van der Waals surface area contributed by atoms with Crippen LogP contribution in [0.2, 0.25) is 0 Å². The molecule has 1 N–H and O–H groups in total. The van der Waals surface area contributed by atoms with E-state index < -0.39 is 11.3 Å². The van der Waals surface area contributed by atoms with Gasteiger partial charge in [-0.05, 0) is 18.5 Å². The highest BCUT2D eigenvalue weighted by Gasteiger charge is 2.00. The second-order valence-electron chi connectivity index (χ2n) is 0.980. The Labute approximate surface area is 65.0 Å². The van der Waals surface area contributed by atoms with Gasteiger partial charge in [0.15, 0.2) is 0 Å². The van der Waals surface area contributed by atoms with Crippen LogP contribution in [0.3, 0.4) is 0 Å². The van der Waals surface area contributed by atoms with Crippen molar-refractivity contribution in [2.24, 2.45) is 0 Å². The van der Waals surface area contributed by atoms with Crippen LogP contribution < -0.4 is 0 Å². The summed E-state index contributed by atoms with van der Waals surface area (Å²) in [6.07, 6.45) is -1.02. The lowest BCUT2D eigenvalue weighted by Crippen LogP contribution is -2.07. The number of rotatable bonds is 1. The first-order valence-electron chi connectivity index (χ1n) is 1.52. The Hall–Kier alpha value is 0.500. The van der Waals surface area contributed by atoms with Gasteiger partial charge in [0, 0.05) is 0 Å². The summed E-state index contributed by atoms with van der Waals surface area (Å²) >= 11 is 4.72. The van der Waals surface area contributed by atoms with Crippen molar-refractivity contribution in [2.75, 3.05) is 0 Å². The topological polar surface area (TPSA) is 37.3 Å². The molecule has 0 aliphatic rings. The van der Waals surface area contributed by atoms with Crippen LogP contribution in [0.1, 0.15) is 6.92 Å². The smallest absolute Gasteiger partial charge is 0.249 e. The predicted molar refractivity (Wildman–Crippen MR) is 37.0 cm³/mol. The minimum Gasteiger partial charge on any atom is -0.384 e. The second-order valence-corrected chi connectivity index (χ2v) is 1.35. The Bertz CT molecular complexity index is 63.5. The van der Waals surface area contributed by atoms with Gasteiger partial charge in [-0.2, -0.15) is 0 Å². The zero-order valence-corrected chi connectivity index (χ0v) is 6.52. The zero-order chi connectivity index (χ0) is 5.15. The molecule has 0 aliphatic heterocycles. The molecule has 0 amide bonds. The Kier molecular flexibility index (Phi) is 14.8. The van der Waals surface area contributed by atoms with Crippen LogP contribution in [0.5, 0.6) is 0 Å². The number of hydrogen-bond acceptors (Lipinski definition) is 2. The molecule has 8 heavy (non-hydrogen) atoms. The molecule has 0 aromatic carbocycles. The number of carbonyl (C=O) groups is 1. The molecule has 0 bridgehead atoms. The maximum atomic E-state index is 9.66. The number of aliphatic hydroxyl groups is 1. The summed E-state index contributed by atoms with van der Waals surface area (Å²) in [6.45, 7) is 1.31. The number of hydrogen-bond donors (Lipinski definition) is 1. The summed E-state index contributed by atoms with van der Waals surface area (Å²) < 4.78 is 0. The van der Waals surface area contributed by atoms with E-state index >= 15 is 0 Å². The van der Waals surface area contributed by atoms with Gasteiger partial charge in [0.25, 0.3) is 0 Å². The van der Waals surface area contributed by atoms with Crippen molar-refractivity contribution in [2.45, 2.75) is 13.0 Å². The van der Waals surface area contributed by atoms with Crippen LogP contribution >= 0.6 is 36.4 Å². The van der Waals surface area contributed by atoms with Crippen molar-refractivity contribution in [3.05, 3.63) is 0 Å². The summed E-state index contributed by atoms with van der Waals surface area (Å²) in [4.78, 5) is 9.66. The summed E-state index contributed by atoms with van der Waals surface area (Å²) in [5.41, 5.74) is 0. The largest absolute Gasteiger partial charge is 0.384 e. The molecular weight excluding hydrogens is 174 g/mol. The van der Waals surface area contributed by atoms with Gasteiger partial charge in [-0.3, -0.25) is 4.79 Å². The SMILES string of the molecule is CC(O)C(=O)Cl.Cl.Cl. The highest BCUT2D eigenvalue weighted by atomic mass is 35.5. The standard InChI is InChI=1S/C3H5ClO2.2ClH/c1-2(5)3(4)6;;/h2,5H,1H3;2*1H. The molecule has 0 saturated heterocycles. The first kappa shape index (κ1) is 15.8. The zero-order valence-electron chi connectivity index (χ0n) is 4.13. The van der Waals surface area contributed by atoms with Crippen LogP contribution in [0.4, 0.5) is 0 Å². The molecule has 5 heteroatoms. The number of halogens is 3. The van der Waals surface area contributed by atoms with E-state index in [0.29, 0.717) is 0 Å². The van der Waals surface area contributed by atoms with Crippen molar-refractivity contribution in [1.29, 1.82) is 0 Å². The van der Waals surface area contributed by atoms with E-state index in [1.165, 1.54) is 6.92 Å². The molecule has 1 unspecified atom stereocenters. The van der Waals surface area contributed by atoms with Gasteiger partial charge in [-0.15, -0.1) is 24.8 Å². The van der Waals surface area contributed by atoms with Crippen LogP contribution in [0.15, 0.2) is 0 Å². The molecule has 0 radical (unpaired) electrons. The van der Waals surface area contributed by atoms with E-state index in [9.17, 15) is 4.79 Å². The first-order valence-corrected chi connectivity index (χ1v) is 1.90. The monoisotopic (exact) mass is 180 g/mol. The average molecular weight is 181 g/mol. The van der Waals surface area contributed by atoms with E-state index in [-0.39, 0.29) is 24.8 Å². The third-order valence-corrected chi connectivity index (χ3v) is 0.644. The second kappa shape index (κ2) is 7.50. The van der Waals surface area contributed by atoms with Crippen LogP contribution in [0, 0.1) is 0 Å². The van der Waals surface area contributed by atoms with Gasteiger partial charge >= 0.3 is 0 Å². The molecule has 1 atom stereocenters. The Morgan fingerprint density at radius 3 is 1.75 bits per heavy atom. The quantitative estimate of drug-likeness (QED) is 0.612. The van der Waals surface area contributed by atoms with Crippen LogP contribution in [-0.2, 0) is 4.79 Å². The molecular formula is C3H7Cl3O2. The lowest BCUT2D eigenvalue weighted by Gasteiger charge is -1.88. The minimum atomic E-state index is -1.02. The third-order valence-electron chi connectivity index (χ3n) is 0.328. The van der Waals surface area contributed by atoms with Gasteiger partial charge in [-0.1, -0.05) is 0 Å². The van der Waals surface area contributed by atoms with Crippen LogP contribution in [-0.4, -0.2) is 16.5 Å². The lowest BCUT2D eigenvalue weighted by molar-refractivity contribution is -0.118. The molecule has 0 spiro atoms. The van der Waals surface area contributed by atoms with E-state index in [1.54, 1.807) is 0 Å². The van der Waals surface area contributed by atoms with Gasteiger partial charge in [0.2, 0.25) is 5.24 Å². The fourth-order valence-corrected chi connectivity index (χ4v) is 0. The molecule has 52 valence electrons. The van der Waals surface area contributed by atoms with E-state index in [4.69, 9.17) is 16.7 Å². The molecule has 0 aliphatic carbocycles. The number of aliphatic hydroxyl groups excluding tert-OH is 1. The first-order chi connectivity index (χ1) is 2.64. The molecule has 0 heterocycles. The Morgan fingerprint density at radius 1 is 1.62 bits per heavy atom. The Balaban J connectivity index is -0.000000125. The maximum absolute atomic E-state index is 9.66. The van der Waals surface area contributed by atoms with Crippen molar-refractivity contribution >= 4 is 41.7 Å². The van der Waals surface area contributed by atoms with E-state index in [1.807, 2.05) is 0 Å². The lowest BCUT2D eigenvalue weighted by atomic mass is 10.5. The van der Waals surface area contributed by atoms with Gasteiger partial charge in [-0.25, -0.2) is 0 Å². The van der Waals surface area contributed by atoms with Crippen molar-refractivity contribution < 1.29 is 9.90 Å². The molecule has 0 aromatic heterocycles. The van der Waals surface area contributed by atoms with Crippen molar-refractivity contribution in [3.63, 3.8) is 0 Å². The fourth-order valence-electron chi connectivity index (χ4n) is 0. The summed E-state index contributed by atoms with van der Waals surface area (Å²) in [7, 11) is 0. The summed E-state index contributed by atoms with van der Waals surface area (Å²) in [5, 5.41) is 7.44. The average Bonchev–Trinajstić information content (AvgIpc) is 1.36. The summed E-state index contributed by atoms with van der Waals surface area (Å²) in [5.74, 6) is 0. The highest BCUT2D eigenvalue weighted by Crippen LogP contribution is 1.85. The summed E-state index contributed by atoms with van der Waals surface area (Å²) in [6, 6.07) is 0. The predicted octanol–water partition coefficient (Wildman–Crippen LogP) is 0.976. The van der Waals surface area contributed by atoms with Gasteiger partial charge in [0.05, 0.1) is 0 Å². The highest BCUT2D eigenvalue weighted by molar-refractivity contribution is 6.64. The van der Waals surface area contributed by atoms with E-state index in [0.717, 1.165) is 0 Å². The molecule has 0 saturated carbocycles. The van der Waals surface area contributed by atoms with Gasteiger partial charge in [0.1, 0.15) is 6.10 Å². The molecule has 0 fully saturated rings. The fraction of sp³-hybridized carbons (Fsp3) is 0.667. The Morgan fingerprint density at radius 2 is 1.75 bits per heavy atom. The third kappa shape index (κ3) is 9.71. The molecule has 2 nitrogen and oxygen atoms in total.